The molecule has 3 rings (SSSR count). The van der Waals surface area contributed by atoms with Crippen molar-refractivity contribution in [1.29, 1.82) is 0 Å². The molecule has 0 aliphatic rings. The molecule has 1 amide bonds. The zero-order valence-electron chi connectivity index (χ0n) is 14.3. The lowest BCUT2D eigenvalue weighted by Gasteiger charge is -2.12. The second-order valence-corrected chi connectivity index (χ2v) is 6.86. The van der Waals surface area contributed by atoms with Gasteiger partial charge in [-0.05, 0) is 71.0 Å². The third kappa shape index (κ3) is 5.32. The Morgan fingerprint density at radius 1 is 1.11 bits per heavy atom. The van der Waals surface area contributed by atoms with E-state index in [4.69, 9.17) is 17.0 Å². The van der Waals surface area contributed by atoms with Crippen molar-refractivity contribution in [2.24, 2.45) is 0 Å². The number of benzene rings is 2. The molecule has 2 aromatic carbocycles. The number of nitrogens with one attached hydrogen (secondary N) is 2. The Morgan fingerprint density at radius 3 is 2.48 bits per heavy atom. The van der Waals surface area contributed by atoms with Gasteiger partial charge in [-0.3, -0.25) is 10.1 Å². The zero-order chi connectivity index (χ0) is 19.2. The van der Waals surface area contributed by atoms with E-state index in [-0.39, 0.29) is 17.0 Å². The lowest BCUT2D eigenvalue weighted by molar-refractivity contribution is 0.0977. The van der Waals surface area contributed by atoms with Crippen molar-refractivity contribution in [1.82, 2.24) is 15.3 Å². The molecule has 0 spiro atoms. The standard InChI is InChI=1S/C19H15BrN4O2S/c1-12-9-15(7-8-16(12)26-18-21-10-14(20)11-22-18)23-19(27)24-17(25)13-5-3-2-4-6-13/h2-11H,1H3,(H2,23,24,25,27). The Hall–Kier alpha value is -2.84. The number of carbonyl (C=O) groups is 1. The van der Waals surface area contributed by atoms with Gasteiger partial charge in [0.05, 0.1) is 4.47 Å². The predicted molar refractivity (Wildman–Crippen MR) is 111 cm³/mol. The highest BCUT2D eigenvalue weighted by molar-refractivity contribution is 9.10. The summed E-state index contributed by atoms with van der Waals surface area (Å²) in [4.78, 5) is 20.3. The quantitative estimate of drug-likeness (QED) is 0.580. The summed E-state index contributed by atoms with van der Waals surface area (Å²) in [5.74, 6) is 0.360. The molecule has 1 aromatic heterocycles. The van der Waals surface area contributed by atoms with Gasteiger partial charge in [-0.1, -0.05) is 18.2 Å². The molecule has 27 heavy (non-hydrogen) atoms. The summed E-state index contributed by atoms with van der Waals surface area (Å²) in [6.07, 6.45) is 3.23. The van der Waals surface area contributed by atoms with Crippen molar-refractivity contribution in [2.75, 3.05) is 5.32 Å². The average Bonchev–Trinajstić information content (AvgIpc) is 2.66. The van der Waals surface area contributed by atoms with Crippen LogP contribution in [0.25, 0.3) is 0 Å². The number of ether oxygens (including phenoxy) is 1. The Kier molecular flexibility index (Phi) is 6.10. The average molecular weight is 443 g/mol. The van der Waals surface area contributed by atoms with Gasteiger partial charge in [-0.2, -0.15) is 0 Å². The summed E-state index contributed by atoms with van der Waals surface area (Å²) in [6.45, 7) is 1.89. The van der Waals surface area contributed by atoms with Crippen LogP contribution in [0.4, 0.5) is 5.69 Å². The molecule has 0 unspecified atom stereocenters. The van der Waals surface area contributed by atoms with Crippen molar-refractivity contribution in [2.45, 2.75) is 6.92 Å². The molecule has 0 saturated carbocycles. The van der Waals surface area contributed by atoms with Gasteiger partial charge < -0.3 is 10.1 Å². The molecule has 6 nitrogen and oxygen atoms in total. The van der Waals surface area contributed by atoms with Gasteiger partial charge in [0.2, 0.25) is 0 Å². The number of aryl methyl sites for hydroxylation is 1. The smallest absolute Gasteiger partial charge is 0.321 e. The maximum absolute atomic E-state index is 12.1. The fraction of sp³-hybridized carbons (Fsp3) is 0.0526. The largest absolute Gasteiger partial charge is 0.424 e. The number of nitrogens with zero attached hydrogens (tertiary/aromatic N) is 2. The van der Waals surface area contributed by atoms with Crippen molar-refractivity contribution in [3.8, 4) is 11.8 Å². The van der Waals surface area contributed by atoms with E-state index in [0.29, 0.717) is 11.3 Å². The summed E-state index contributed by atoms with van der Waals surface area (Å²) in [6, 6.07) is 14.6. The van der Waals surface area contributed by atoms with Gasteiger partial charge in [-0.25, -0.2) is 9.97 Å². The normalized spacial score (nSPS) is 10.1. The van der Waals surface area contributed by atoms with E-state index >= 15 is 0 Å². The van der Waals surface area contributed by atoms with E-state index in [1.165, 1.54) is 0 Å². The zero-order valence-corrected chi connectivity index (χ0v) is 16.7. The highest BCUT2D eigenvalue weighted by Gasteiger charge is 2.09. The van der Waals surface area contributed by atoms with E-state index in [2.05, 4.69) is 36.5 Å². The number of thiocarbonyl (C=S) groups is 1. The lowest BCUT2D eigenvalue weighted by Crippen LogP contribution is -2.34. The molecule has 0 atom stereocenters. The van der Waals surface area contributed by atoms with Gasteiger partial charge in [0.15, 0.2) is 5.11 Å². The summed E-state index contributed by atoms with van der Waals surface area (Å²) < 4.78 is 6.45. The third-order valence-electron chi connectivity index (χ3n) is 3.49. The Labute approximate surface area is 170 Å². The molecule has 0 saturated heterocycles. The molecule has 2 N–H and O–H groups in total. The minimum Gasteiger partial charge on any atom is -0.424 e. The number of carbonyl (C=O) groups excluding carboxylic acids is 1. The van der Waals surface area contributed by atoms with Crippen LogP contribution >= 0.6 is 28.1 Å². The van der Waals surface area contributed by atoms with Crippen LogP contribution < -0.4 is 15.4 Å². The molecule has 0 radical (unpaired) electrons. The topological polar surface area (TPSA) is 76.1 Å². The van der Waals surface area contributed by atoms with Crippen LogP contribution in [0, 0.1) is 6.92 Å². The van der Waals surface area contributed by atoms with E-state index in [0.717, 1.165) is 15.7 Å². The third-order valence-corrected chi connectivity index (χ3v) is 4.11. The van der Waals surface area contributed by atoms with E-state index < -0.39 is 0 Å². The van der Waals surface area contributed by atoms with Crippen LogP contribution in [0.2, 0.25) is 0 Å². The Morgan fingerprint density at radius 2 is 1.81 bits per heavy atom. The first kappa shape index (κ1) is 18.9. The summed E-state index contributed by atoms with van der Waals surface area (Å²) in [5.41, 5.74) is 2.13. The summed E-state index contributed by atoms with van der Waals surface area (Å²) in [7, 11) is 0. The second-order valence-electron chi connectivity index (χ2n) is 5.54. The molecule has 0 aliphatic carbocycles. The molecule has 0 fully saturated rings. The Bertz CT molecular complexity index is 965. The van der Waals surface area contributed by atoms with Crippen molar-refractivity contribution in [3.05, 3.63) is 76.5 Å². The molecule has 1 heterocycles. The number of hydrogen-bond donors (Lipinski definition) is 2. The van der Waals surface area contributed by atoms with Crippen LogP contribution in [0.5, 0.6) is 11.8 Å². The van der Waals surface area contributed by atoms with Crippen molar-refractivity contribution < 1.29 is 9.53 Å². The van der Waals surface area contributed by atoms with E-state index in [1.54, 1.807) is 48.8 Å². The number of halogens is 1. The van der Waals surface area contributed by atoms with Gasteiger partial charge in [0.1, 0.15) is 5.75 Å². The van der Waals surface area contributed by atoms with Crippen LogP contribution in [0.3, 0.4) is 0 Å². The first-order valence-corrected chi connectivity index (χ1v) is 9.15. The summed E-state index contributed by atoms with van der Waals surface area (Å²) in [5, 5.41) is 5.85. The van der Waals surface area contributed by atoms with Crippen molar-refractivity contribution in [3.63, 3.8) is 0 Å². The molecule has 8 heteroatoms. The van der Waals surface area contributed by atoms with E-state index in [1.807, 2.05) is 19.1 Å². The fourth-order valence-electron chi connectivity index (χ4n) is 2.22. The van der Waals surface area contributed by atoms with Crippen LogP contribution in [0.15, 0.2) is 65.4 Å². The van der Waals surface area contributed by atoms with Gasteiger partial charge >= 0.3 is 6.01 Å². The highest BCUT2D eigenvalue weighted by Crippen LogP contribution is 2.25. The van der Waals surface area contributed by atoms with Gasteiger partial charge in [-0.15, -0.1) is 0 Å². The molecule has 3 aromatic rings. The predicted octanol–water partition coefficient (Wildman–Crippen LogP) is 4.47. The minimum absolute atomic E-state index is 0.216. The fourth-order valence-corrected chi connectivity index (χ4v) is 2.64. The number of rotatable bonds is 4. The van der Waals surface area contributed by atoms with Crippen LogP contribution in [-0.2, 0) is 0 Å². The monoisotopic (exact) mass is 442 g/mol. The highest BCUT2D eigenvalue weighted by atomic mass is 79.9. The number of hydrogen-bond acceptors (Lipinski definition) is 5. The number of amides is 1. The molecular formula is C19H15BrN4O2S. The number of aromatic nitrogens is 2. The minimum atomic E-state index is -0.267. The molecule has 136 valence electrons. The number of anilines is 1. The Balaban J connectivity index is 1.62. The molecule has 0 bridgehead atoms. The first-order chi connectivity index (χ1) is 13.0. The second kappa shape index (κ2) is 8.70. The first-order valence-electron chi connectivity index (χ1n) is 7.95. The van der Waals surface area contributed by atoms with Crippen molar-refractivity contribution >= 4 is 44.9 Å². The summed E-state index contributed by atoms with van der Waals surface area (Å²) >= 11 is 8.49. The maximum atomic E-state index is 12.1. The van der Waals surface area contributed by atoms with Crippen LogP contribution in [0.1, 0.15) is 15.9 Å². The molecular weight excluding hydrogens is 428 g/mol. The lowest BCUT2D eigenvalue weighted by atomic mass is 10.2. The van der Waals surface area contributed by atoms with Crippen LogP contribution in [-0.4, -0.2) is 21.0 Å². The maximum Gasteiger partial charge on any atom is 0.321 e. The van der Waals surface area contributed by atoms with Gasteiger partial charge in [0.25, 0.3) is 5.91 Å². The van der Waals surface area contributed by atoms with Gasteiger partial charge in [0, 0.05) is 23.6 Å². The SMILES string of the molecule is Cc1cc(NC(=S)NC(=O)c2ccccc2)ccc1Oc1ncc(Br)cn1. The van der Waals surface area contributed by atoms with E-state index in [9.17, 15) is 4.79 Å². The molecule has 0 aliphatic heterocycles.